The van der Waals surface area contributed by atoms with E-state index in [0.717, 1.165) is 30.1 Å². The second-order valence-electron chi connectivity index (χ2n) is 12.1. The minimum absolute atomic E-state index is 0.0270. The number of amides is 1. The number of ether oxygens (including phenoxy) is 3. The number of fused-ring (bicyclic) bond motifs is 2. The number of thioether (sulfide) groups is 1. The second kappa shape index (κ2) is 17.3. The van der Waals surface area contributed by atoms with Gasteiger partial charge in [0, 0.05) is 39.8 Å². The minimum atomic E-state index is -0.751. The van der Waals surface area contributed by atoms with Gasteiger partial charge >= 0.3 is 5.97 Å². The molecule has 2 aromatic rings. The van der Waals surface area contributed by atoms with E-state index in [4.69, 9.17) is 25.8 Å². The van der Waals surface area contributed by atoms with Crippen LogP contribution >= 0.6 is 39.3 Å². The van der Waals surface area contributed by atoms with Crippen molar-refractivity contribution < 1.29 is 32.9 Å². The highest BCUT2D eigenvalue weighted by atomic mass is 79.9. The number of alkyl halides is 2. The number of rotatable bonds is 15. The molecular weight excluding hydrogens is 732 g/mol. The Morgan fingerprint density at radius 3 is 2.49 bits per heavy atom. The number of halogens is 2. The summed E-state index contributed by atoms with van der Waals surface area (Å²) in [5.41, 5.74) is 1.77. The molecule has 0 N–H and O–H groups in total. The van der Waals surface area contributed by atoms with Gasteiger partial charge in [-0.25, -0.2) is 4.79 Å². The maximum atomic E-state index is 12.6. The summed E-state index contributed by atoms with van der Waals surface area (Å²) in [5, 5.41) is 10.7. The highest BCUT2D eigenvalue weighted by Crippen LogP contribution is 2.53. The van der Waals surface area contributed by atoms with Gasteiger partial charge in [-0.05, 0) is 55.2 Å². The zero-order valence-electron chi connectivity index (χ0n) is 26.9. The van der Waals surface area contributed by atoms with Crippen molar-refractivity contribution in [1.82, 2.24) is 4.90 Å². The van der Waals surface area contributed by atoms with Crippen LogP contribution in [0.3, 0.4) is 0 Å². The van der Waals surface area contributed by atoms with Crippen LogP contribution in [-0.4, -0.2) is 70.6 Å². The third-order valence-electron chi connectivity index (χ3n) is 8.39. The third-order valence-corrected chi connectivity index (χ3v) is 13.7. The van der Waals surface area contributed by atoms with Crippen molar-refractivity contribution in [3.05, 3.63) is 63.7 Å². The van der Waals surface area contributed by atoms with Crippen LogP contribution in [0, 0.1) is 10.1 Å². The molecule has 2 saturated heterocycles. The lowest BCUT2D eigenvalue weighted by Crippen LogP contribution is -2.64. The first kappa shape index (κ1) is 37.5. The van der Waals surface area contributed by atoms with Gasteiger partial charge in [-0.2, -0.15) is 0 Å². The SMILES string of the molecule is CCCCCCCCS(=O)C(C)Cc1ccc2c(c1)OCO2.C[C@@]1(CCl)S[C@@H]2[C@@H](Br)C(=O)N2C1C(=O)OCc1ccc([N+](=O)[O-])cc1. The number of esters is 1. The Labute approximate surface area is 296 Å². The number of β-lactam (4-membered cyclic amide) rings is 1. The summed E-state index contributed by atoms with van der Waals surface area (Å²) in [5.74, 6) is 1.98. The van der Waals surface area contributed by atoms with E-state index in [-0.39, 0.29) is 39.5 Å². The van der Waals surface area contributed by atoms with Gasteiger partial charge in [-0.1, -0.05) is 67.9 Å². The van der Waals surface area contributed by atoms with E-state index in [1.807, 2.05) is 25.1 Å². The molecule has 0 radical (unpaired) electrons. The Bertz CT molecular complexity index is 1430. The Hall–Kier alpha value is -2.35. The zero-order valence-corrected chi connectivity index (χ0v) is 30.8. The Balaban J connectivity index is 0.000000215. The standard InChI is InChI=1S/C18H28O3S.C15H14BrClN2O5S/c1-3-4-5-6-7-8-11-22(19)15(2)12-16-9-10-17-18(13-16)21-14-20-17;1-15(7-17)11(18-12(20)10(16)13(18)25-15)14(21)24-6-8-2-4-9(5-3-8)19(22)23/h9-10,13,15H,3-8,11-12,14H2,1-2H3;2-5,10-11,13H,6-7H2,1H3/t;10-,11?,13+,15-/m.0/s1. The van der Waals surface area contributed by atoms with Crippen LogP contribution in [0.4, 0.5) is 5.69 Å². The predicted octanol–water partition coefficient (Wildman–Crippen LogP) is 7.14. The van der Waals surface area contributed by atoms with Crippen molar-refractivity contribution in [1.29, 1.82) is 0 Å². The van der Waals surface area contributed by atoms with Gasteiger partial charge in [0.25, 0.3) is 5.69 Å². The van der Waals surface area contributed by atoms with Crippen molar-refractivity contribution in [2.75, 3.05) is 18.4 Å². The van der Waals surface area contributed by atoms with Crippen LogP contribution in [0.15, 0.2) is 42.5 Å². The summed E-state index contributed by atoms with van der Waals surface area (Å²) in [7, 11) is -0.743. The van der Waals surface area contributed by atoms with Gasteiger partial charge in [0.05, 0.1) is 9.67 Å². The molecule has 0 spiro atoms. The van der Waals surface area contributed by atoms with E-state index >= 15 is 0 Å². The maximum absolute atomic E-state index is 12.6. The van der Waals surface area contributed by atoms with Crippen molar-refractivity contribution in [2.24, 2.45) is 0 Å². The highest BCUT2D eigenvalue weighted by molar-refractivity contribution is 9.10. The number of non-ortho nitro benzene ring substituents is 1. The van der Waals surface area contributed by atoms with Crippen molar-refractivity contribution in [2.45, 2.75) is 98.6 Å². The largest absolute Gasteiger partial charge is 0.459 e. The van der Waals surface area contributed by atoms with Crippen LogP contribution in [0.25, 0.3) is 0 Å². The van der Waals surface area contributed by atoms with Crippen molar-refractivity contribution >= 4 is 67.7 Å². The summed E-state index contributed by atoms with van der Waals surface area (Å²) >= 11 is 10.9. The minimum Gasteiger partial charge on any atom is -0.459 e. The number of hydrogen-bond acceptors (Lipinski definition) is 9. The molecule has 10 nitrogen and oxygen atoms in total. The average molecular weight is 774 g/mol. The second-order valence-corrected chi connectivity index (χ2v) is 17.0. The molecule has 258 valence electrons. The number of nitro groups is 1. The van der Waals surface area contributed by atoms with Gasteiger partial charge in [0.2, 0.25) is 12.7 Å². The number of nitrogens with zero attached hydrogens (tertiary/aromatic N) is 2. The fourth-order valence-corrected chi connectivity index (χ4v) is 9.55. The molecule has 0 bridgehead atoms. The smallest absolute Gasteiger partial charge is 0.330 e. The molecule has 6 atom stereocenters. The lowest BCUT2D eigenvalue weighted by atomic mass is 9.98. The van der Waals surface area contributed by atoms with Crippen LogP contribution in [-0.2, 0) is 38.2 Å². The first-order valence-corrected chi connectivity index (χ1v) is 19.6. The lowest BCUT2D eigenvalue weighted by Gasteiger charge is -2.41. The number of unbranched alkanes of at least 4 members (excludes halogenated alkanes) is 5. The number of hydrogen-bond donors (Lipinski definition) is 0. The van der Waals surface area contributed by atoms with Crippen LogP contribution in [0.5, 0.6) is 11.5 Å². The van der Waals surface area contributed by atoms with Gasteiger partial charge < -0.3 is 19.1 Å². The summed E-state index contributed by atoms with van der Waals surface area (Å²) in [6.45, 7) is 6.43. The quantitative estimate of drug-likeness (QED) is 0.0464. The van der Waals surface area contributed by atoms with Crippen LogP contribution < -0.4 is 9.47 Å². The van der Waals surface area contributed by atoms with E-state index in [1.54, 1.807) is 0 Å². The molecular formula is C33H42BrClN2O8S2. The van der Waals surface area contributed by atoms with E-state index in [9.17, 15) is 23.9 Å². The third kappa shape index (κ3) is 9.42. The number of carbonyl (C=O) groups excluding carboxylic acids is 2. The molecule has 2 fully saturated rings. The lowest BCUT2D eigenvalue weighted by molar-refractivity contribution is -0.384. The summed E-state index contributed by atoms with van der Waals surface area (Å²) < 4.78 is 27.8. The predicted molar refractivity (Wildman–Crippen MR) is 189 cm³/mol. The fourth-order valence-electron chi connectivity index (χ4n) is 5.61. The summed E-state index contributed by atoms with van der Waals surface area (Å²) in [6, 6.07) is 11.0. The van der Waals surface area contributed by atoms with E-state index in [2.05, 4.69) is 29.8 Å². The first-order chi connectivity index (χ1) is 22.5. The Kier molecular flexibility index (Phi) is 13.8. The number of carbonyl (C=O) groups is 2. The van der Waals surface area contributed by atoms with Crippen molar-refractivity contribution in [3.63, 3.8) is 0 Å². The van der Waals surface area contributed by atoms with Gasteiger partial charge in [0.15, 0.2) is 11.5 Å². The molecule has 2 aromatic carbocycles. The Morgan fingerprint density at radius 1 is 1.15 bits per heavy atom. The molecule has 0 saturated carbocycles. The maximum Gasteiger partial charge on any atom is 0.330 e. The van der Waals surface area contributed by atoms with Gasteiger partial charge in [0.1, 0.15) is 22.8 Å². The van der Waals surface area contributed by atoms with Crippen LogP contribution in [0.2, 0.25) is 0 Å². The normalized spacial score (nSPS) is 23.6. The Morgan fingerprint density at radius 2 is 1.81 bits per heavy atom. The number of nitro benzene ring substituents is 1. The van der Waals surface area contributed by atoms with E-state index < -0.39 is 32.5 Å². The first-order valence-electron chi connectivity index (χ1n) is 15.8. The molecule has 47 heavy (non-hydrogen) atoms. The molecule has 3 aliphatic rings. The van der Waals surface area contributed by atoms with Crippen molar-refractivity contribution in [3.8, 4) is 11.5 Å². The topological polar surface area (TPSA) is 125 Å². The van der Waals surface area contributed by atoms with Gasteiger partial charge in [-0.3, -0.25) is 19.1 Å². The molecule has 3 aliphatic heterocycles. The monoisotopic (exact) mass is 772 g/mol. The molecule has 0 aromatic heterocycles. The molecule has 3 heterocycles. The number of benzene rings is 2. The average Bonchev–Trinajstić information content (AvgIpc) is 3.66. The van der Waals surface area contributed by atoms with Gasteiger partial charge in [-0.15, -0.1) is 23.4 Å². The molecule has 3 unspecified atom stereocenters. The molecule has 1 amide bonds. The molecule has 0 aliphatic carbocycles. The van der Waals surface area contributed by atoms with E-state index in [1.165, 1.54) is 78.6 Å². The van der Waals surface area contributed by atoms with E-state index in [0.29, 0.717) is 12.4 Å². The van der Waals surface area contributed by atoms with Crippen LogP contribution in [0.1, 0.15) is 70.4 Å². The summed E-state index contributed by atoms with van der Waals surface area (Å²) in [6.07, 6.45) is 8.32. The molecule has 14 heteroatoms. The zero-order chi connectivity index (χ0) is 34.1. The fraction of sp³-hybridized carbons (Fsp3) is 0.576. The highest BCUT2D eigenvalue weighted by Gasteiger charge is 2.64. The summed E-state index contributed by atoms with van der Waals surface area (Å²) in [4.78, 5) is 36.0. The molecule has 5 rings (SSSR count).